The Labute approximate surface area is 176 Å². The van der Waals surface area contributed by atoms with Crippen molar-refractivity contribution >= 4 is 23.3 Å². The zero-order valence-corrected chi connectivity index (χ0v) is 17.8. The Morgan fingerprint density at radius 2 is 2.03 bits per heavy atom. The van der Waals surface area contributed by atoms with Gasteiger partial charge >= 0.3 is 12.3 Å². The lowest BCUT2D eigenvalue weighted by molar-refractivity contribution is -0.274. The van der Waals surface area contributed by atoms with Crippen LogP contribution in [0.5, 0.6) is 5.75 Å². The minimum absolute atomic E-state index is 0.0591. The molecular weight excluding hydrogens is 421 g/mol. The summed E-state index contributed by atoms with van der Waals surface area (Å²) < 4.78 is 46.8. The van der Waals surface area contributed by atoms with Gasteiger partial charge in [-0.25, -0.2) is 9.78 Å². The molecule has 0 aliphatic carbocycles. The van der Waals surface area contributed by atoms with Gasteiger partial charge < -0.3 is 20.1 Å². The molecule has 11 heteroatoms. The highest BCUT2D eigenvalue weighted by molar-refractivity contribution is 7.13. The number of esters is 1. The monoisotopic (exact) mass is 444 g/mol. The number of ether oxygens (including phenoxy) is 2. The van der Waals surface area contributed by atoms with E-state index in [0.717, 1.165) is 0 Å². The number of aliphatic imine (C=N–C) groups is 1. The van der Waals surface area contributed by atoms with Crippen LogP contribution in [-0.4, -0.2) is 36.9 Å². The second-order valence-corrected chi connectivity index (χ2v) is 7.17. The number of hydrogen-bond donors (Lipinski definition) is 2. The minimum atomic E-state index is -4.77. The highest BCUT2D eigenvalue weighted by atomic mass is 32.1. The van der Waals surface area contributed by atoms with Crippen molar-refractivity contribution in [1.82, 2.24) is 15.6 Å². The molecule has 30 heavy (non-hydrogen) atoms. The van der Waals surface area contributed by atoms with Gasteiger partial charge in [0, 0.05) is 19.2 Å². The quantitative estimate of drug-likeness (QED) is 0.382. The third-order valence-corrected chi connectivity index (χ3v) is 5.19. The number of aromatic nitrogens is 1. The third kappa shape index (κ3) is 6.61. The Morgan fingerprint density at radius 3 is 2.67 bits per heavy atom. The van der Waals surface area contributed by atoms with Crippen LogP contribution in [0.3, 0.4) is 0 Å². The normalized spacial score (nSPS) is 13.0. The van der Waals surface area contributed by atoms with Crippen LogP contribution in [0.15, 0.2) is 29.3 Å². The Balaban J connectivity index is 2.04. The first-order chi connectivity index (χ1) is 14.1. The van der Waals surface area contributed by atoms with Crippen molar-refractivity contribution in [2.75, 3.05) is 13.7 Å². The van der Waals surface area contributed by atoms with Crippen LogP contribution >= 0.6 is 11.3 Å². The van der Waals surface area contributed by atoms with Crippen LogP contribution in [0.25, 0.3) is 0 Å². The van der Waals surface area contributed by atoms with E-state index in [2.05, 4.69) is 25.3 Å². The summed E-state index contributed by atoms with van der Waals surface area (Å²) in [5.74, 6) is -0.347. The molecule has 1 unspecified atom stereocenters. The number of thiazole rings is 1. The van der Waals surface area contributed by atoms with E-state index in [9.17, 15) is 18.0 Å². The molecule has 0 aliphatic rings. The average molecular weight is 444 g/mol. The number of nitrogens with one attached hydrogen (secondary N) is 2. The molecule has 7 nitrogen and oxygen atoms in total. The molecule has 0 fully saturated rings. The predicted octanol–water partition coefficient (Wildman–Crippen LogP) is 3.95. The van der Waals surface area contributed by atoms with Gasteiger partial charge in [-0.2, -0.15) is 0 Å². The summed E-state index contributed by atoms with van der Waals surface area (Å²) >= 11 is 1.22. The molecule has 1 heterocycles. The summed E-state index contributed by atoms with van der Waals surface area (Å²) in [6, 6.07) is 5.56. The summed E-state index contributed by atoms with van der Waals surface area (Å²) in [6.07, 6.45) is -4.77. The van der Waals surface area contributed by atoms with Crippen LogP contribution < -0.4 is 15.4 Å². The molecule has 1 atom stereocenters. The number of guanidine groups is 1. The van der Waals surface area contributed by atoms with Crippen molar-refractivity contribution in [2.24, 2.45) is 4.99 Å². The Bertz CT molecular complexity index is 899. The standard InChI is InChI=1S/C19H23F3N4O3S/c1-5-28-17(27)15-11(2)25-16(30-15)12(3)26-18(23-4)24-10-13-8-6-7-9-14(13)29-19(20,21)22/h6-9,12H,5,10H2,1-4H3,(H2,23,24,26). The first-order valence-electron chi connectivity index (χ1n) is 9.09. The number of carbonyl (C=O) groups excluding carboxylic acids is 1. The van der Waals surface area contributed by atoms with Gasteiger partial charge in [0.25, 0.3) is 0 Å². The van der Waals surface area contributed by atoms with E-state index in [4.69, 9.17) is 4.74 Å². The van der Waals surface area contributed by atoms with E-state index in [1.807, 2.05) is 6.92 Å². The number of hydrogen-bond acceptors (Lipinski definition) is 6. The molecule has 0 aliphatic heterocycles. The molecule has 0 radical (unpaired) electrons. The number of carbonyl (C=O) groups is 1. The number of alkyl halides is 3. The molecule has 0 spiro atoms. The summed E-state index contributed by atoms with van der Waals surface area (Å²) in [5, 5.41) is 6.71. The second-order valence-electron chi connectivity index (χ2n) is 6.13. The molecular formula is C19H23F3N4O3S. The number of nitrogens with zero attached hydrogens (tertiary/aromatic N) is 2. The Hall–Kier alpha value is -2.82. The molecule has 2 aromatic rings. The van der Waals surface area contributed by atoms with Crippen LogP contribution in [0.2, 0.25) is 0 Å². The third-order valence-electron chi connectivity index (χ3n) is 3.87. The number of aryl methyl sites for hydroxylation is 1. The Kier molecular flexibility index (Phi) is 8.04. The van der Waals surface area contributed by atoms with Gasteiger partial charge in [0.2, 0.25) is 0 Å². The van der Waals surface area contributed by atoms with E-state index in [1.165, 1.54) is 36.6 Å². The molecule has 2 rings (SSSR count). The van der Waals surface area contributed by atoms with E-state index in [0.29, 0.717) is 27.1 Å². The number of benzene rings is 1. The van der Waals surface area contributed by atoms with E-state index < -0.39 is 12.3 Å². The molecule has 1 aromatic heterocycles. The van der Waals surface area contributed by atoms with Gasteiger partial charge in [0.1, 0.15) is 15.6 Å². The van der Waals surface area contributed by atoms with Gasteiger partial charge in [-0.1, -0.05) is 18.2 Å². The molecule has 164 valence electrons. The van der Waals surface area contributed by atoms with Crippen molar-refractivity contribution in [2.45, 2.75) is 39.7 Å². The topological polar surface area (TPSA) is 84.8 Å². The SMILES string of the molecule is CCOC(=O)c1sc(C(C)NC(=NC)NCc2ccccc2OC(F)(F)F)nc1C. The van der Waals surface area contributed by atoms with Crippen molar-refractivity contribution < 1.29 is 27.4 Å². The number of halogens is 3. The molecule has 0 saturated heterocycles. The predicted molar refractivity (Wildman–Crippen MR) is 108 cm³/mol. The molecule has 0 bridgehead atoms. The maximum absolute atomic E-state index is 12.6. The number of rotatable bonds is 7. The van der Waals surface area contributed by atoms with Crippen molar-refractivity contribution in [1.29, 1.82) is 0 Å². The first-order valence-corrected chi connectivity index (χ1v) is 9.91. The van der Waals surface area contributed by atoms with Crippen LogP contribution in [-0.2, 0) is 11.3 Å². The van der Waals surface area contributed by atoms with Gasteiger partial charge in [-0.15, -0.1) is 24.5 Å². The zero-order chi connectivity index (χ0) is 22.3. The van der Waals surface area contributed by atoms with Crippen molar-refractivity contribution in [3.63, 3.8) is 0 Å². The lowest BCUT2D eigenvalue weighted by atomic mass is 10.2. The minimum Gasteiger partial charge on any atom is -0.462 e. The second kappa shape index (κ2) is 10.3. The van der Waals surface area contributed by atoms with Gasteiger partial charge in [-0.3, -0.25) is 4.99 Å². The lowest BCUT2D eigenvalue weighted by Crippen LogP contribution is -2.38. The average Bonchev–Trinajstić information content (AvgIpc) is 3.07. The van der Waals surface area contributed by atoms with Gasteiger partial charge in [0.15, 0.2) is 5.96 Å². The molecule has 0 saturated carbocycles. The van der Waals surface area contributed by atoms with Crippen molar-refractivity contribution in [3.8, 4) is 5.75 Å². The maximum atomic E-state index is 12.6. The highest BCUT2D eigenvalue weighted by Crippen LogP contribution is 2.26. The fourth-order valence-electron chi connectivity index (χ4n) is 2.50. The van der Waals surface area contributed by atoms with Gasteiger partial charge in [-0.05, 0) is 26.8 Å². The zero-order valence-electron chi connectivity index (χ0n) is 17.0. The molecule has 2 N–H and O–H groups in total. The van der Waals surface area contributed by atoms with Crippen LogP contribution in [0.1, 0.15) is 45.8 Å². The van der Waals surface area contributed by atoms with Crippen LogP contribution in [0, 0.1) is 6.92 Å². The first kappa shape index (κ1) is 23.5. The smallest absolute Gasteiger partial charge is 0.462 e. The van der Waals surface area contributed by atoms with Crippen LogP contribution in [0.4, 0.5) is 13.2 Å². The maximum Gasteiger partial charge on any atom is 0.573 e. The summed E-state index contributed by atoms with van der Waals surface area (Å²) in [6.45, 7) is 5.62. The summed E-state index contributed by atoms with van der Waals surface area (Å²) in [7, 11) is 1.54. The number of para-hydroxylation sites is 1. The largest absolute Gasteiger partial charge is 0.573 e. The Morgan fingerprint density at radius 1 is 1.33 bits per heavy atom. The molecule has 0 amide bonds. The summed E-state index contributed by atoms with van der Waals surface area (Å²) in [4.78, 5) is 20.9. The fourth-order valence-corrected chi connectivity index (χ4v) is 3.47. The van der Waals surface area contributed by atoms with Crippen molar-refractivity contribution in [3.05, 3.63) is 45.4 Å². The lowest BCUT2D eigenvalue weighted by Gasteiger charge is -2.18. The molecule has 1 aromatic carbocycles. The fraction of sp³-hybridized carbons (Fsp3) is 0.421. The summed E-state index contributed by atoms with van der Waals surface area (Å²) in [5.41, 5.74) is 0.892. The van der Waals surface area contributed by atoms with E-state index >= 15 is 0 Å². The van der Waals surface area contributed by atoms with E-state index in [-0.39, 0.29) is 24.9 Å². The highest BCUT2D eigenvalue weighted by Gasteiger charge is 2.32. The van der Waals surface area contributed by atoms with Gasteiger partial charge in [0.05, 0.1) is 18.3 Å². The van der Waals surface area contributed by atoms with E-state index in [1.54, 1.807) is 19.9 Å².